The quantitative estimate of drug-likeness (QED) is 0.273. The Hall–Kier alpha value is -0.320. The van der Waals surface area contributed by atoms with Gasteiger partial charge in [0.05, 0.1) is 0 Å². The molecule has 0 aromatic rings. The lowest BCUT2D eigenvalue weighted by molar-refractivity contribution is 0.361. The molecule has 0 aliphatic carbocycles. The van der Waals surface area contributed by atoms with Gasteiger partial charge in [0, 0.05) is 4.57 Å². The fourth-order valence-corrected chi connectivity index (χ4v) is 1.25. The first-order valence-corrected chi connectivity index (χ1v) is 4.60. The van der Waals surface area contributed by atoms with Crippen LogP contribution in [-0.2, 0) is 13.4 Å². The number of amidine groups is 1. The summed E-state index contributed by atoms with van der Waals surface area (Å²) in [5.74, 6) is 0. The Balaban J connectivity index is 4.29. The first-order chi connectivity index (χ1) is 4.36. The standard InChI is InChI=1S/CH4N2O5P2/c2-1(3)10(6,7)8-9(4)5/h(H4-,2,3,4,5,6,7)/p+1. The minimum absolute atomic E-state index is 1.16. The smallest absolute Gasteiger partial charge is 0.377 e. The van der Waals surface area contributed by atoms with E-state index in [2.05, 4.69) is 10.0 Å². The molecule has 7 nitrogen and oxygen atoms in total. The highest BCUT2D eigenvalue weighted by Gasteiger charge is 2.36. The van der Waals surface area contributed by atoms with Crippen molar-refractivity contribution in [2.45, 2.75) is 0 Å². The zero-order chi connectivity index (χ0) is 8.36. The molecular weight excluding hydrogens is 182 g/mol. The largest absolute Gasteiger partial charge is 0.704 e. The average Bonchev–Trinajstić information content (AvgIpc) is 1.60. The van der Waals surface area contributed by atoms with Crippen LogP contribution in [0.25, 0.3) is 0 Å². The molecule has 0 heterocycles. The SMILES string of the molecule is N=C(N)P(=O)(O)O[P+](=O)O. The molecule has 0 saturated carbocycles. The summed E-state index contributed by atoms with van der Waals surface area (Å²) in [4.78, 5) is 16.3. The molecule has 0 fully saturated rings. The fraction of sp³-hybridized carbons (Fsp3) is 0. The predicted octanol–water partition coefficient (Wildman–Crippen LogP) is -0.268. The molecule has 0 rings (SSSR count). The number of hydrogen-bond acceptors (Lipinski definition) is 4. The maximum absolute atomic E-state index is 10.4. The van der Waals surface area contributed by atoms with Crippen molar-refractivity contribution in [3.05, 3.63) is 0 Å². The number of nitrogens with two attached hydrogens (primary N) is 1. The Morgan fingerprint density at radius 1 is 1.80 bits per heavy atom. The molecule has 0 spiro atoms. The molecule has 0 bridgehead atoms. The van der Waals surface area contributed by atoms with Crippen molar-refractivity contribution >= 4 is 21.4 Å². The van der Waals surface area contributed by atoms with Gasteiger partial charge in [0.1, 0.15) is 0 Å². The Labute approximate surface area is 56.8 Å². The van der Waals surface area contributed by atoms with E-state index in [1.165, 1.54) is 0 Å². The third kappa shape index (κ3) is 3.00. The highest BCUT2D eigenvalue weighted by atomic mass is 31.2. The Morgan fingerprint density at radius 2 is 2.20 bits per heavy atom. The van der Waals surface area contributed by atoms with E-state index in [0.717, 1.165) is 0 Å². The van der Waals surface area contributed by atoms with Crippen LogP contribution in [0.15, 0.2) is 0 Å². The van der Waals surface area contributed by atoms with Crippen molar-refractivity contribution in [3.63, 3.8) is 0 Å². The highest BCUT2D eigenvalue weighted by molar-refractivity contribution is 7.74. The van der Waals surface area contributed by atoms with Gasteiger partial charge in [-0.05, 0) is 4.31 Å². The van der Waals surface area contributed by atoms with Gasteiger partial charge in [-0.15, -0.1) is 4.89 Å². The Bertz CT molecular complexity index is 212. The van der Waals surface area contributed by atoms with Gasteiger partial charge in [0.25, 0.3) is 0 Å². The summed E-state index contributed by atoms with van der Waals surface area (Å²) in [7, 11) is -7.70. The minimum Gasteiger partial charge on any atom is -0.377 e. The normalized spacial score (nSPS) is 17.6. The lowest BCUT2D eigenvalue weighted by Crippen LogP contribution is -2.10. The van der Waals surface area contributed by atoms with E-state index >= 15 is 0 Å². The second kappa shape index (κ2) is 3.18. The van der Waals surface area contributed by atoms with Gasteiger partial charge >= 0.3 is 15.9 Å². The molecule has 2 atom stereocenters. The highest BCUT2D eigenvalue weighted by Crippen LogP contribution is 2.48. The van der Waals surface area contributed by atoms with Gasteiger partial charge < -0.3 is 10.6 Å². The molecule has 9 heteroatoms. The molecule has 0 aromatic carbocycles. The van der Waals surface area contributed by atoms with E-state index in [0.29, 0.717) is 0 Å². The van der Waals surface area contributed by atoms with Crippen molar-refractivity contribution in [2.24, 2.45) is 5.73 Å². The molecule has 2 unspecified atom stereocenters. The van der Waals surface area contributed by atoms with Gasteiger partial charge in [-0.25, -0.2) is 4.57 Å². The molecule has 0 aliphatic heterocycles. The Kier molecular flexibility index (Phi) is 3.08. The van der Waals surface area contributed by atoms with Crippen LogP contribution in [-0.4, -0.2) is 15.4 Å². The fourth-order valence-electron chi connectivity index (χ4n) is 0.139. The second-order valence-electron chi connectivity index (χ2n) is 1.23. The molecule has 0 aliphatic rings. The minimum atomic E-state index is -4.49. The molecule has 5 N–H and O–H groups in total. The third-order valence-electron chi connectivity index (χ3n) is 0.485. The lowest BCUT2D eigenvalue weighted by Gasteiger charge is -1.96. The van der Waals surface area contributed by atoms with Crippen LogP contribution < -0.4 is 5.73 Å². The average molecular weight is 187 g/mol. The van der Waals surface area contributed by atoms with Crippen LogP contribution in [0, 0.1) is 5.41 Å². The molecule has 0 saturated heterocycles. The van der Waals surface area contributed by atoms with Crippen molar-refractivity contribution in [2.75, 3.05) is 0 Å². The summed E-state index contributed by atoms with van der Waals surface area (Å²) in [5.41, 5.74) is 3.36. The first-order valence-electron chi connectivity index (χ1n) is 1.89. The third-order valence-corrected chi connectivity index (χ3v) is 2.54. The van der Waals surface area contributed by atoms with Crippen LogP contribution in [0.1, 0.15) is 0 Å². The van der Waals surface area contributed by atoms with Gasteiger partial charge in [-0.2, -0.15) is 0 Å². The zero-order valence-corrected chi connectivity index (χ0v) is 6.38. The molecule has 10 heavy (non-hydrogen) atoms. The van der Waals surface area contributed by atoms with Crippen LogP contribution >= 0.6 is 15.9 Å². The van der Waals surface area contributed by atoms with E-state index in [9.17, 15) is 9.13 Å². The van der Waals surface area contributed by atoms with Crippen LogP contribution in [0.2, 0.25) is 0 Å². The van der Waals surface area contributed by atoms with Crippen molar-refractivity contribution < 1.29 is 23.2 Å². The number of hydrogen-bond donors (Lipinski definition) is 4. The summed E-state index contributed by atoms with van der Waals surface area (Å²) in [6.45, 7) is 0. The van der Waals surface area contributed by atoms with Gasteiger partial charge in [0.15, 0.2) is 0 Å². The van der Waals surface area contributed by atoms with E-state index in [-0.39, 0.29) is 0 Å². The van der Waals surface area contributed by atoms with E-state index < -0.39 is 21.4 Å². The first kappa shape index (κ1) is 9.68. The van der Waals surface area contributed by atoms with Crippen LogP contribution in [0.4, 0.5) is 0 Å². The predicted molar refractivity (Wildman–Crippen MR) is 32.6 cm³/mol. The zero-order valence-electron chi connectivity index (χ0n) is 4.59. The molecule has 58 valence electrons. The topological polar surface area (TPSA) is 134 Å². The van der Waals surface area contributed by atoms with Crippen molar-refractivity contribution in [3.8, 4) is 0 Å². The van der Waals surface area contributed by atoms with Crippen molar-refractivity contribution in [1.29, 1.82) is 5.41 Å². The molecule has 0 radical (unpaired) electrons. The van der Waals surface area contributed by atoms with E-state index in [4.69, 9.17) is 15.2 Å². The lowest BCUT2D eigenvalue weighted by atomic mass is 11.4. The summed E-state index contributed by atoms with van der Waals surface area (Å²) in [6.07, 6.45) is 0. The van der Waals surface area contributed by atoms with Gasteiger partial charge in [-0.3, -0.25) is 5.41 Å². The number of rotatable bonds is 3. The summed E-state index contributed by atoms with van der Waals surface area (Å²) < 4.78 is 23.7. The van der Waals surface area contributed by atoms with E-state index in [1.54, 1.807) is 0 Å². The maximum Gasteiger partial charge on any atom is 0.704 e. The summed E-state index contributed by atoms with van der Waals surface area (Å²) >= 11 is 0. The summed E-state index contributed by atoms with van der Waals surface area (Å²) in [6, 6.07) is 0. The van der Waals surface area contributed by atoms with Gasteiger partial charge in [-0.1, -0.05) is 0 Å². The van der Waals surface area contributed by atoms with E-state index in [1.807, 2.05) is 0 Å². The Morgan fingerprint density at radius 3 is 2.30 bits per heavy atom. The summed E-state index contributed by atoms with van der Waals surface area (Å²) in [5, 5.41) is 6.39. The molecule has 0 amide bonds. The molecule has 0 aromatic heterocycles. The maximum atomic E-state index is 10.4. The molecular formula is CH5N2O5P2+. The van der Waals surface area contributed by atoms with Crippen molar-refractivity contribution in [1.82, 2.24) is 0 Å². The second-order valence-corrected chi connectivity index (χ2v) is 3.88. The van der Waals surface area contributed by atoms with Crippen LogP contribution in [0.5, 0.6) is 0 Å². The van der Waals surface area contributed by atoms with Gasteiger partial charge in [0.2, 0.25) is 5.58 Å². The monoisotopic (exact) mass is 187 g/mol. The van der Waals surface area contributed by atoms with Crippen LogP contribution in [0.3, 0.4) is 0 Å². The number of nitrogens with one attached hydrogen (secondary N) is 1.